The SMILES string of the molecule is C=CCNC(N)=NCCN1CCCCC1C.I. The van der Waals surface area contributed by atoms with Crippen LogP contribution < -0.4 is 11.1 Å². The Morgan fingerprint density at radius 2 is 2.35 bits per heavy atom. The maximum atomic E-state index is 5.68. The van der Waals surface area contributed by atoms with Crippen molar-refractivity contribution in [3.05, 3.63) is 12.7 Å². The summed E-state index contributed by atoms with van der Waals surface area (Å²) in [6.07, 6.45) is 5.77. The van der Waals surface area contributed by atoms with Gasteiger partial charge in [-0.3, -0.25) is 9.89 Å². The lowest BCUT2D eigenvalue weighted by Gasteiger charge is -2.32. The van der Waals surface area contributed by atoms with Crippen LogP contribution >= 0.6 is 24.0 Å². The molecule has 17 heavy (non-hydrogen) atoms. The van der Waals surface area contributed by atoms with Gasteiger partial charge in [0.1, 0.15) is 0 Å². The number of likely N-dealkylation sites (tertiary alicyclic amines) is 1. The Balaban J connectivity index is 0.00000256. The first-order valence-corrected chi connectivity index (χ1v) is 6.12. The number of nitrogens with two attached hydrogens (primary N) is 1. The Bertz CT molecular complexity index is 243. The van der Waals surface area contributed by atoms with Crippen molar-refractivity contribution in [2.45, 2.75) is 32.2 Å². The molecule has 0 saturated carbocycles. The molecular formula is C12H25IN4. The average molecular weight is 352 g/mol. The van der Waals surface area contributed by atoms with E-state index in [4.69, 9.17) is 5.73 Å². The van der Waals surface area contributed by atoms with E-state index >= 15 is 0 Å². The predicted molar refractivity (Wildman–Crippen MR) is 85.0 cm³/mol. The minimum atomic E-state index is 0. The minimum absolute atomic E-state index is 0. The molecule has 0 radical (unpaired) electrons. The normalized spacial score (nSPS) is 21.7. The fraction of sp³-hybridized carbons (Fsp3) is 0.750. The summed E-state index contributed by atoms with van der Waals surface area (Å²) in [7, 11) is 0. The lowest BCUT2D eigenvalue weighted by molar-refractivity contribution is 0.166. The summed E-state index contributed by atoms with van der Waals surface area (Å²) in [5.41, 5.74) is 5.68. The molecule has 100 valence electrons. The Morgan fingerprint density at radius 1 is 1.59 bits per heavy atom. The van der Waals surface area contributed by atoms with Gasteiger partial charge in [0, 0.05) is 19.1 Å². The number of nitrogens with zero attached hydrogens (tertiary/aromatic N) is 2. The Morgan fingerprint density at radius 3 is 3.00 bits per heavy atom. The van der Waals surface area contributed by atoms with Crippen molar-refractivity contribution >= 4 is 29.9 Å². The molecule has 5 heteroatoms. The fourth-order valence-corrected chi connectivity index (χ4v) is 2.02. The number of rotatable bonds is 5. The van der Waals surface area contributed by atoms with Crippen molar-refractivity contribution in [1.82, 2.24) is 10.2 Å². The van der Waals surface area contributed by atoms with Crippen LogP contribution in [0.25, 0.3) is 0 Å². The molecule has 0 bridgehead atoms. The van der Waals surface area contributed by atoms with Gasteiger partial charge in [-0.05, 0) is 26.3 Å². The van der Waals surface area contributed by atoms with Crippen molar-refractivity contribution in [2.75, 3.05) is 26.2 Å². The second-order valence-corrected chi connectivity index (χ2v) is 4.32. The molecule has 0 aromatic carbocycles. The van der Waals surface area contributed by atoms with Gasteiger partial charge in [0.25, 0.3) is 0 Å². The molecule has 1 aliphatic rings. The van der Waals surface area contributed by atoms with Gasteiger partial charge < -0.3 is 11.1 Å². The smallest absolute Gasteiger partial charge is 0.188 e. The summed E-state index contributed by atoms with van der Waals surface area (Å²) in [6, 6.07) is 0.700. The van der Waals surface area contributed by atoms with Gasteiger partial charge in [-0.2, -0.15) is 0 Å². The summed E-state index contributed by atoms with van der Waals surface area (Å²) in [5, 5.41) is 2.97. The van der Waals surface area contributed by atoms with Crippen LogP contribution in [0.4, 0.5) is 0 Å². The molecular weight excluding hydrogens is 327 g/mol. The third-order valence-electron chi connectivity index (χ3n) is 3.04. The van der Waals surface area contributed by atoms with E-state index in [0.717, 1.165) is 13.1 Å². The summed E-state index contributed by atoms with van der Waals surface area (Å²) in [5.74, 6) is 0.518. The van der Waals surface area contributed by atoms with Crippen LogP contribution in [0, 0.1) is 0 Å². The second kappa shape index (κ2) is 9.70. The molecule has 1 rings (SSSR count). The van der Waals surface area contributed by atoms with Crippen molar-refractivity contribution < 1.29 is 0 Å². The zero-order valence-corrected chi connectivity index (χ0v) is 13.0. The second-order valence-electron chi connectivity index (χ2n) is 4.32. The molecule has 1 heterocycles. The van der Waals surface area contributed by atoms with Crippen molar-refractivity contribution in [2.24, 2.45) is 10.7 Å². The molecule has 1 atom stereocenters. The summed E-state index contributed by atoms with van der Waals surface area (Å²) in [4.78, 5) is 6.78. The first kappa shape index (κ1) is 16.7. The molecule has 0 aromatic rings. The van der Waals surface area contributed by atoms with Crippen molar-refractivity contribution in [3.8, 4) is 0 Å². The predicted octanol–water partition coefficient (Wildman–Crippen LogP) is 1.57. The number of halogens is 1. The van der Waals surface area contributed by atoms with Gasteiger partial charge in [-0.15, -0.1) is 30.6 Å². The van der Waals surface area contributed by atoms with E-state index in [-0.39, 0.29) is 24.0 Å². The van der Waals surface area contributed by atoms with Crippen LogP contribution in [-0.2, 0) is 0 Å². The highest BCUT2D eigenvalue weighted by Crippen LogP contribution is 2.15. The monoisotopic (exact) mass is 352 g/mol. The molecule has 0 aliphatic carbocycles. The Kier molecular flexibility index (Phi) is 9.53. The third kappa shape index (κ3) is 6.88. The van der Waals surface area contributed by atoms with Gasteiger partial charge in [0.15, 0.2) is 5.96 Å². The fourth-order valence-electron chi connectivity index (χ4n) is 2.02. The number of nitrogens with one attached hydrogen (secondary N) is 1. The molecule has 0 spiro atoms. The molecule has 3 N–H and O–H groups in total. The van der Waals surface area contributed by atoms with E-state index in [1.165, 1.54) is 25.8 Å². The number of guanidine groups is 1. The van der Waals surface area contributed by atoms with E-state index in [9.17, 15) is 0 Å². The number of aliphatic imine (C=N–C) groups is 1. The van der Waals surface area contributed by atoms with E-state index in [0.29, 0.717) is 18.5 Å². The van der Waals surface area contributed by atoms with E-state index < -0.39 is 0 Å². The van der Waals surface area contributed by atoms with Gasteiger partial charge >= 0.3 is 0 Å². The maximum absolute atomic E-state index is 5.68. The minimum Gasteiger partial charge on any atom is -0.370 e. The van der Waals surface area contributed by atoms with Crippen molar-refractivity contribution in [1.29, 1.82) is 0 Å². The molecule has 1 fully saturated rings. The topological polar surface area (TPSA) is 53.6 Å². The molecule has 0 amide bonds. The van der Waals surface area contributed by atoms with Gasteiger partial charge in [-0.1, -0.05) is 12.5 Å². The largest absolute Gasteiger partial charge is 0.370 e. The van der Waals surface area contributed by atoms with Gasteiger partial charge in [0.05, 0.1) is 6.54 Å². The summed E-state index contributed by atoms with van der Waals surface area (Å²) in [6.45, 7) is 9.58. The molecule has 1 saturated heterocycles. The highest BCUT2D eigenvalue weighted by Gasteiger charge is 2.16. The van der Waals surface area contributed by atoms with E-state index in [1.54, 1.807) is 6.08 Å². The number of hydrogen-bond acceptors (Lipinski definition) is 2. The molecule has 0 aromatic heterocycles. The van der Waals surface area contributed by atoms with Crippen LogP contribution in [-0.4, -0.2) is 43.1 Å². The van der Waals surface area contributed by atoms with E-state index in [2.05, 4.69) is 28.7 Å². The van der Waals surface area contributed by atoms with E-state index in [1.807, 2.05) is 0 Å². The summed E-state index contributed by atoms with van der Waals surface area (Å²) < 4.78 is 0. The molecule has 1 aliphatic heterocycles. The maximum Gasteiger partial charge on any atom is 0.188 e. The van der Waals surface area contributed by atoms with Gasteiger partial charge in [-0.25, -0.2) is 0 Å². The zero-order valence-electron chi connectivity index (χ0n) is 10.7. The first-order chi connectivity index (χ1) is 7.74. The zero-order chi connectivity index (χ0) is 11.8. The van der Waals surface area contributed by atoms with Crippen LogP contribution in [0.5, 0.6) is 0 Å². The third-order valence-corrected chi connectivity index (χ3v) is 3.04. The van der Waals surface area contributed by atoms with Gasteiger partial charge in [0.2, 0.25) is 0 Å². The lowest BCUT2D eigenvalue weighted by atomic mass is 10.0. The first-order valence-electron chi connectivity index (χ1n) is 6.12. The molecule has 4 nitrogen and oxygen atoms in total. The van der Waals surface area contributed by atoms with Crippen LogP contribution in [0.1, 0.15) is 26.2 Å². The average Bonchev–Trinajstić information content (AvgIpc) is 2.29. The van der Waals surface area contributed by atoms with Crippen LogP contribution in [0.3, 0.4) is 0 Å². The highest BCUT2D eigenvalue weighted by molar-refractivity contribution is 14.0. The summed E-state index contributed by atoms with van der Waals surface area (Å²) >= 11 is 0. The highest BCUT2D eigenvalue weighted by atomic mass is 127. The Labute approximate surface area is 122 Å². The quantitative estimate of drug-likeness (QED) is 0.342. The lowest BCUT2D eigenvalue weighted by Crippen LogP contribution is -2.39. The molecule has 1 unspecified atom stereocenters. The van der Waals surface area contributed by atoms with Crippen LogP contribution in [0.15, 0.2) is 17.6 Å². The number of hydrogen-bond donors (Lipinski definition) is 2. The van der Waals surface area contributed by atoms with Crippen molar-refractivity contribution in [3.63, 3.8) is 0 Å². The number of piperidine rings is 1. The standard InChI is InChI=1S/C12H24N4.HI/c1-3-7-14-12(13)15-8-10-16-9-5-4-6-11(16)2;/h3,11H,1,4-10H2,2H3,(H3,13,14,15);1H. The Hall–Kier alpha value is -0.300. The van der Waals surface area contributed by atoms with Crippen LogP contribution in [0.2, 0.25) is 0 Å².